The number of nitrogens with one attached hydrogen (secondary N) is 1. The molecule has 1 aliphatic heterocycles. The van der Waals surface area contributed by atoms with Gasteiger partial charge in [0.15, 0.2) is 0 Å². The molecule has 10 heavy (non-hydrogen) atoms. The van der Waals surface area contributed by atoms with Crippen LogP contribution in [0, 0.1) is 0 Å². The molecule has 0 aromatic carbocycles. The summed E-state index contributed by atoms with van der Waals surface area (Å²) in [6.07, 6.45) is 0.0930. The SMILES string of the molecule is NC1CNC(C(O)CO)C1. The van der Waals surface area contributed by atoms with Crippen LogP contribution in [0.1, 0.15) is 6.42 Å². The summed E-state index contributed by atoms with van der Waals surface area (Å²) >= 11 is 0. The lowest BCUT2D eigenvalue weighted by Crippen LogP contribution is -2.36. The van der Waals surface area contributed by atoms with Crippen molar-refractivity contribution in [2.75, 3.05) is 13.2 Å². The van der Waals surface area contributed by atoms with Crippen LogP contribution >= 0.6 is 0 Å². The quantitative estimate of drug-likeness (QED) is 0.364. The van der Waals surface area contributed by atoms with Gasteiger partial charge in [0.05, 0.1) is 12.7 Å². The van der Waals surface area contributed by atoms with E-state index in [9.17, 15) is 0 Å². The first-order valence-corrected chi connectivity index (χ1v) is 3.52. The van der Waals surface area contributed by atoms with Gasteiger partial charge in [0.25, 0.3) is 0 Å². The van der Waals surface area contributed by atoms with Crippen molar-refractivity contribution in [2.24, 2.45) is 5.73 Å². The van der Waals surface area contributed by atoms with Crippen LogP contribution in [0.15, 0.2) is 0 Å². The number of rotatable bonds is 2. The highest BCUT2D eigenvalue weighted by Crippen LogP contribution is 2.07. The van der Waals surface area contributed by atoms with Crippen molar-refractivity contribution in [1.29, 1.82) is 0 Å². The smallest absolute Gasteiger partial charge is 0.0924 e. The van der Waals surface area contributed by atoms with Gasteiger partial charge < -0.3 is 21.3 Å². The number of hydrogen-bond donors (Lipinski definition) is 4. The lowest BCUT2D eigenvalue weighted by atomic mass is 10.1. The second kappa shape index (κ2) is 3.30. The van der Waals surface area contributed by atoms with E-state index >= 15 is 0 Å². The van der Waals surface area contributed by atoms with Crippen molar-refractivity contribution < 1.29 is 10.2 Å². The Hall–Kier alpha value is -0.160. The number of hydrogen-bond acceptors (Lipinski definition) is 4. The largest absolute Gasteiger partial charge is 0.394 e. The second-order valence-corrected chi connectivity index (χ2v) is 2.76. The first-order valence-electron chi connectivity index (χ1n) is 3.52. The van der Waals surface area contributed by atoms with E-state index in [0.29, 0.717) is 0 Å². The standard InChI is InChI=1S/C6H14N2O2/c7-4-1-5(8-2-4)6(10)3-9/h4-6,8-10H,1-3,7H2. The molecule has 0 spiro atoms. The van der Waals surface area contributed by atoms with Crippen molar-refractivity contribution in [3.05, 3.63) is 0 Å². The second-order valence-electron chi connectivity index (χ2n) is 2.76. The van der Waals surface area contributed by atoms with E-state index in [-0.39, 0.29) is 18.7 Å². The minimum Gasteiger partial charge on any atom is -0.394 e. The summed E-state index contributed by atoms with van der Waals surface area (Å²) in [5.41, 5.74) is 5.56. The summed E-state index contributed by atoms with van der Waals surface area (Å²) in [6.45, 7) is 0.548. The zero-order valence-electron chi connectivity index (χ0n) is 5.83. The molecule has 0 bridgehead atoms. The summed E-state index contributed by atoms with van der Waals surface area (Å²) in [4.78, 5) is 0. The van der Waals surface area contributed by atoms with Gasteiger partial charge >= 0.3 is 0 Å². The van der Waals surface area contributed by atoms with Gasteiger partial charge in [0.2, 0.25) is 0 Å². The first-order chi connectivity index (χ1) is 4.74. The van der Waals surface area contributed by atoms with Crippen LogP contribution in [0.2, 0.25) is 0 Å². The van der Waals surface area contributed by atoms with Gasteiger partial charge in [-0.1, -0.05) is 0 Å². The summed E-state index contributed by atoms with van der Waals surface area (Å²) < 4.78 is 0. The summed E-state index contributed by atoms with van der Waals surface area (Å²) in [6, 6.07) is 0.117. The van der Waals surface area contributed by atoms with Crippen LogP contribution in [-0.2, 0) is 0 Å². The number of aliphatic hydroxyl groups excluding tert-OH is 2. The predicted octanol–water partition coefficient (Wildman–Crippen LogP) is -1.97. The fourth-order valence-electron chi connectivity index (χ4n) is 1.22. The normalized spacial score (nSPS) is 36.3. The molecule has 0 saturated carbocycles. The minimum absolute atomic E-state index is 0.0139. The van der Waals surface area contributed by atoms with E-state index in [0.717, 1.165) is 13.0 Å². The molecule has 5 N–H and O–H groups in total. The molecular weight excluding hydrogens is 132 g/mol. The van der Waals surface area contributed by atoms with Gasteiger partial charge in [-0.15, -0.1) is 0 Å². The molecule has 0 amide bonds. The molecule has 1 aliphatic rings. The lowest BCUT2D eigenvalue weighted by Gasteiger charge is -2.14. The van der Waals surface area contributed by atoms with E-state index in [4.69, 9.17) is 15.9 Å². The topological polar surface area (TPSA) is 78.5 Å². The Morgan fingerprint density at radius 1 is 1.70 bits per heavy atom. The van der Waals surface area contributed by atoms with Crippen molar-refractivity contribution in [1.82, 2.24) is 5.32 Å². The van der Waals surface area contributed by atoms with E-state index in [1.807, 2.05) is 0 Å². The fourth-order valence-corrected chi connectivity index (χ4v) is 1.22. The third-order valence-electron chi connectivity index (χ3n) is 1.85. The zero-order chi connectivity index (χ0) is 7.56. The van der Waals surface area contributed by atoms with Gasteiger partial charge in [-0.25, -0.2) is 0 Å². The molecule has 0 radical (unpaired) electrons. The van der Waals surface area contributed by atoms with Crippen LogP contribution in [0.3, 0.4) is 0 Å². The highest BCUT2D eigenvalue weighted by atomic mass is 16.3. The van der Waals surface area contributed by atoms with Crippen LogP contribution in [0.4, 0.5) is 0 Å². The summed E-state index contributed by atoms with van der Waals surface area (Å²) in [7, 11) is 0. The molecular formula is C6H14N2O2. The molecule has 4 heteroatoms. The number of aliphatic hydroxyl groups is 2. The van der Waals surface area contributed by atoms with E-state index in [1.54, 1.807) is 0 Å². The molecule has 3 unspecified atom stereocenters. The monoisotopic (exact) mass is 146 g/mol. The average Bonchev–Trinajstić information content (AvgIpc) is 2.34. The minimum atomic E-state index is -0.659. The fraction of sp³-hybridized carbons (Fsp3) is 1.00. The van der Waals surface area contributed by atoms with E-state index in [1.165, 1.54) is 0 Å². The molecule has 1 heterocycles. The predicted molar refractivity (Wildman–Crippen MR) is 37.5 cm³/mol. The molecule has 1 fully saturated rings. The third-order valence-corrected chi connectivity index (χ3v) is 1.85. The molecule has 4 nitrogen and oxygen atoms in total. The maximum absolute atomic E-state index is 9.11. The molecule has 3 atom stereocenters. The van der Waals surface area contributed by atoms with E-state index < -0.39 is 6.10 Å². The van der Waals surface area contributed by atoms with Crippen LogP contribution in [0.25, 0.3) is 0 Å². The summed E-state index contributed by atoms with van der Waals surface area (Å²) in [5.74, 6) is 0. The Kier molecular flexibility index (Phi) is 2.62. The highest BCUT2D eigenvalue weighted by Gasteiger charge is 2.26. The Morgan fingerprint density at radius 3 is 2.80 bits per heavy atom. The third kappa shape index (κ3) is 1.67. The van der Waals surface area contributed by atoms with Gasteiger partial charge in [-0.05, 0) is 6.42 Å². The number of nitrogens with two attached hydrogens (primary N) is 1. The Morgan fingerprint density at radius 2 is 2.40 bits per heavy atom. The summed E-state index contributed by atoms with van der Waals surface area (Å²) in [5, 5.41) is 20.7. The van der Waals surface area contributed by atoms with Gasteiger partial charge in [0, 0.05) is 18.6 Å². The Balaban J connectivity index is 2.29. The maximum Gasteiger partial charge on any atom is 0.0924 e. The van der Waals surface area contributed by atoms with Crippen molar-refractivity contribution in [3.63, 3.8) is 0 Å². The van der Waals surface area contributed by atoms with Crippen LogP contribution < -0.4 is 11.1 Å². The van der Waals surface area contributed by atoms with Gasteiger partial charge in [0.1, 0.15) is 0 Å². The average molecular weight is 146 g/mol. The molecule has 1 rings (SSSR count). The molecule has 1 saturated heterocycles. The van der Waals surface area contributed by atoms with Crippen LogP contribution in [0.5, 0.6) is 0 Å². The Bertz CT molecular complexity index is 110. The molecule has 0 aromatic rings. The van der Waals surface area contributed by atoms with Crippen molar-refractivity contribution in [2.45, 2.75) is 24.6 Å². The van der Waals surface area contributed by atoms with Crippen LogP contribution in [-0.4, -0.2) is 41.6 Å². The molecule has 0 aliphatic carbocycles. The molecule has 60 valence electrons. The van der Waals surface area contributed by atoms with Crippen molar-refractivity contribution >= 4 is 0 Å². The zero-order valence-corrected chi connectivity index (χ0v) is 5.83. The van der Waals surface area contributed by atoms with E-state index in [2.05, 4.69) is 5.32 Å². The highest BCUT2D eigenvalue weighted by molar-refractivity contribution is 4.87. The lowest BCUT2D eigenvalue weighted by molar-refractivity contribution is 0.0682. The van der Waals surface area contributed by atoms with Gasteiger partial charge in [-0.3, -0.25) is 0 Å². The van der Waals surface area contributed by atoms with Gasteiger partial charge in [-0.2, -0.15) is 0 Å². The molecule has 0 aromatic heterocycles. The maximum atomic E-state index is 9.11. The first kappa shape index (κ1) is 7.94. The Labute approximate surface area is 60.0 Å². The van der Waals surface area contributed by atoms with Crippen molar-refractivity contribution in [3.8, 4) is 0 Å².